The van der Waals surface area contributed by atoms with E-state index in [1.807, 2.05) is 0 Å². The van der Waals surface area contributed by atoms with E-state index in [4.69, 9.17) is 14.0 Å². The van der Waals surface area contributed by atoms with Gasteiger partial charge in [0.15, 0.2) is 0 Å². The van der Waals surface area contributed by atoms with Crippen LogP contribution in [0.1, 0.15) is 47.7 Å². The molecule has 1 unspecified atom stereocenters. The summed E-state index contributed by atoms with van der Waals surface area (Å²) in [4.78, 5) is 17.2. The van der Waals surface area contributed by atoms with Gasteiger partial charge in [0.25, 0.3) is 11.6 Å². The topological polar surface area (TPSA) is 86.0 Å². The Labute approximate surface area is 163 Å². The van der Waals surface area contributed by atoms with Gasteiger partial charge in [0.1, 0.15) is 18.5 Å². The van der Waals surface area contributed by atoms with Gasteiger partial charge in [-0.1, -0.05) is 11.2 Å². The molecule has 2 aliphatic carbocycles. The third-order valence-electron chi connectivity index (χ3n) is 5.88. The Kier molecular flexibility index (Phi) is 4.10. The molecule has 0 saturated heterocycles. The minimum absolute atomic E-state index is 0.109. The van der Waals surface area contributed by atoms with Crippen LogP contribution in [0.25, 0.3) is 0 Å². The minimum Gasteiger partial charge on any atom is -0.463 e. The Morgan fingerprint density at radius 1 is 1.21 bits per heavy atom. The number of esters is 1. The van der Waals surface area contributed by atoms with Crippen LogP contribution in [0, 0.1) is 0 Å². The summed E-state index contributed by atoms with van der Waals surface area (Å²) in [6, 6.07) is 4.34. The van der Waals surface area contributed by atoms with Crippen LogP contribution in [0.2, 0.25) is 0 Å². The molecule has 0 spiro atoms. The van der Waals surface area contributed by atoms with E-state index in [0.717, 1.165) is 31.4 Å². The summed E-state index contributed by atoms with van der Waals surface area (Å²) >= 11 is 0. The molecule has 146 valence electrons. The van der Waals surface area contributed by atoms with Crippen molar-refractivity contribution in [3.8, 4) is 0 Å². The van der Waals surface area contributed by atoms with Crippen LogP contribution < -0.4 is 5.32 Å². The molecular formula is C21H23N3O4. The fourth-order valence-corrected chi connectivity index (χ4v) is 4.56. The van der Waals surface area contributed by atoms with E-state index in [-0.39, 0.29) is 13.2 Å². The molecule has 1 aromatic carbocycles. The predicted molar refractivity (Wildman–Crippen MR) is 102 cm³/mol. The van der Waals surface area contributed by atoms with Crippen LogP contribution >= 0.6 is 0 Å². The Bertz CT molecular complexity index is 919. The van der Waals surface area contributed by atoms with Crippen molar-refractivity contribution in [3.63, 3.8) is 0 Å². The summed E-state index contributed by atoms with van der Waals surface area (Å²) < 4.78 is 16.3. The lowest BCUT2D eigenvalue weighted by Gasteiger charge is -2.24. The number of aryl methyl sites for hydroxylation is 2. The van der Waals surface area contributed by atoms with Crippen LogP contribution in [0.4, 0.5) is 5.69 Å². The first-order chi connectivity index (χ1) is 13.7. The molecule has 0 bridgehead atoms. The van der Waals surface area contributed by atoms with Crippen molar-refractivity contribution >= 4 is 17.7 Å². The molecule has 0 amide bonds. The lowest BCUT2D eigenvalue weighted by atomic mass is 9.99. The Hall–Kier alpha value is -2.83. The van der Waals surface area contributed by atoms with Crippen LogP contribution in [-0.2, 0) is 45.6 Å². The van der Waals surface area contributed by atoms with Gasteiger partial charge in [-0.05, 0) is 67.7 Å². The molecule has 2 aromatic rings. The smallest absolute Gasteiger partial charge is 0.359 e. The first-order valence-electron chi connectivity index (χ1n) is 9.96. The fourth-order valence-electron chi connectivity index (χ4n) is 4.56. The summed E-state index contributed by atoms with van der Waals surface area (Å²) in [7, 11) is 0. The molecule has 28 heavy (non-hydrogen) atoms. The average Bonchev–Trinajstić information content (AvgIpc) is 3.47. The number of nitrogens with one attached hydrogen (secondary N) is 1. The van der Waals surface area contributed by atoms with Gasteiger partial charge < -0.3 is 19.3 Å². The van der Waals surface area contributed by atoms with E-state index in [9.17, 15) is 4.79 Å². The maximum Gasteiger partial charge on any atom is 0.359 e. The molecule has 7 heteroatoms. The van der Waals surface area contributed by atoms with Gasteiger partial charge in [0.05, 0.1) is 6.61 Å². The number of amidine groups is 1. The van der Waals surface area contributed by atoms with E-state index in [0.29, 0.717) is 11.7 Å². The molecular weight excluding hydrogens is 358 g/mol. The first kappa shape index (κ1) is 17.3. The molecule has 1 aliphatic heterocycles. The fraction of sp³-hybridized carbons (Fsp3) is 0.476. The molecule has 7 nitrogen and oxygen atoms in total. The Morgan fingerprint density at radius 3 is 2.61 bits per heavy atom. The average molecular weight is 381 g/mol. The molecule has 0 radical (unpaired) electrons. The molecule has 1 N–H and O–H groups in total. The van der Waals surface area contributed by atoms with Crippen LogP contribution in [-0.4, -0.2) is 30.3 Å². The van der Waals surface area contributed by atoms with E-state index < -0.39 is 11.6 Å². The summed E-state index contributed by atoms with van der Waals surface area (Å²) in [5.74, 6) is -0.507. The minimum atomic E-state index is -1.40. The van der Waals surface area contributed by atoms with Gasteiger partial charge in [-0.2, -0.15) is 0 Å². The summed E-state index contributed by atoms with van der Waals surface area (Å²) in [6.45, 7) is 2.13. The molecule has 0 fully saturated rings. The van der Waals surface area contributed by atoms with Crippen molar-refractivity contribution in [2.24, 2.45) is 4.99 Å². The number of rotatable bonds is 4. The number of hydrogen-bond donors (Lipinski definition) is 1. The number of benzene rings is 1. The Balaban J connectivity index is 1.46. The molecule has 2 heterocycles. The maximum atomic E-state index is 12.7. The van der Waals surface area contributed by atoms with Gasteiger partial charge >= 0.3 is 5.97 Å². The normalized spacial score (nSPS) is 22.4. The van der Waals surface area contributed by atoms with Crippen LogP contribution in [0.3, 0.4) is 0 Å². The second-order valence-corrected chi connectivity index (χ2v) is 7.51. The van der Waals surface area contributed by atoms with Crippen LogP contribution in [0.15, 0.2) is 27.9 Å². The molecule has 3 aliphatic rings. The highest BCUT2D eigenvalue weighted by atomic mass is 16.6. The highest BCUT2D eigenvalue weighted by Gasteiger charge is 2.51. The highest BCUT2D eigenvalue weighted by molar-refractivity contribution is 5.96. The standard InChI is InChI=1S/C21H23N3O4/c1-2-26-19(25)21(17-9-10-27-24-17)12-22-20(28-21)23-18-15-7-3-5-13(15)11-14-6-4-8-16(14)18/h9-11H,2-8,12H2,1H3,(H,22,23). The maximum absolute atomic E-state index is 12.7. The molecule has 1 atom stereocenters. The number of nitrogens with zero attached hydrogens (tertiary/aromatic N) is 2. The number of fused-ring (bicyclic) bond motifs is 2. The highest BCUT2D eigenvalue weighted by Crippen LogP contribution is 2.40. The second-order valence-electron chi connectivity index (χ2n) is 7.51. The van der Waals surface area contributed by atoms with Gasteiger partial charge in [-0.25, -0.2) is 9.79 Å². The van der Waals surface area contributed by atoms with E-state index in [1.54, 1.807) is 13.0 Å². The molecule has 1 aromatic heterocycles. The summed E-state index contributed by atoms with van der Waals surface area (Å²) in [5, 5.41) is 7.35. The number of ether oxygens (including phenoxy) is 2. The van der Waals surface area contributed by atoms with Gasteiger partial charge in [-0.3, -0.25) is 0 Å². The van der Waals surface area contributed by atoms with Crippen molar-refractivity contribution in [2.75, 3.05) is 18.5 Å². The number of hydrogen-bond acceptors (Lipinski definition) is 7. The van der Waals surface area contributed by atoms with Crippen molar-refractivity contribution in [2.45, 2.75) is 51.0 Å². The van der Waals surface area contributed by atoms with Crippen LogP contribution in [0.5, 0.6) is 0 Å². The van der Waals surface area contributed by atoms with Gasteiger partial charge in [-0.15, -0.1) is 0 Å². The first-order valence-corrected chi connectivity index (χ1v) is 9.96. The molecule has 0 saturated carbocycles. The van der Waals surface area contributed by atoms with Crippen molar-refractivity contribution in [1.82, 2.24) is 5.16 Å². The van der Waals surface area contributed by atoms with E-state index >= 15 is 0 Å². The van der Waals surface area contributed by atoms with Gasteiger partial charge in [0.2, 0.25) is 0 Å². The molecule has 5 rings (SSSR count). The zero-order chi connectivity index (χ0) is 19.1. The number of carbonyl (C=O) groups excluding carboxylic acids is 1. The summed E-state index contributed by atoms with van der Waals surface area (Å²) in [6.07, 6.45) is 8.13. The zero-order valence-corrected chi connectivity index (χ0v) is 15.9. The number of aromatic nitrogens is 1. The van der Waals surface area contributed by atoms with E-state index in [2.05, 4.69) is 21.5 Å². The largest absolute Gasteiger partial charge is 0.463 e. The van der Waals surface area contributed by atoms with Gasteiger partial charge in [0, 0.05) is 11.8 Å². The third kappa shape index (κ3) is 2.60. The number of anilines is 1. The Morgan fingerprint density at radius 2 is 1.96 bits per heavy atom. The SMILES string of the molecule is CCOC(=O)C1(c2ccon2)CN=C(Nc2c3c(cc4c2CCC4)CCC3)O1. The number of aliphatic imine (C=N–C) groups is 1. The van der Waals surface area contributed by atoms with Crippen molar-refractivity contribution < 1.29 is 18.8 Å². The zero-order valence-electron chi connectivity index (χ0n) is 15.9. The van der Waals surface area contributed by atoms with Crippen molar-refractivity contribution in [1.29, 1.82) is 0 Å². The third-order valence-corrected chi connectivity index (χ3v) is 5.88. The lowest BCUT2D eigenvalue weighted by molar-refractivity contribution is -0.162. The second kappa shape index (κ2) is 6.65. The quantitative estimate of drug-likeness (QED) is 0.820. The van der Waals surface area contributed by atoms with Crippen molar-refractivity contribution in [3.05, 3.63) is 46.3 Å². The predicted octanol–water partition coefficient (Wildman–Crippen LogP) is 2.91. The summed E-state index contributed by atoms with van der Waals surface area (Å²) in [5.41, 5.74) is 5.68. The van der Waals surface area contributed by atoms with E-state index in [1.165, 1.54) is 41.4 Å². The lowest BCUT2D eigenvalue weighted by Crippen LogP contribution is -2.42. The monoisotopic (exact) mass is 381 g/mol. The number of carbonyl (C=O) groups is 1.